The Bertz CT molecular complexity index is 1240. The summed E-state index contributed by atoms with van der Waals surface area (Å²) in [6.45, 7) is 6.30. The van der Waals surface area contributed by atoms with E-state index in [1.807, 2.05) is 26.5 Å². The molecule has 0 aliphatic rings. The molecule has 12 heteroatoms. The van der Waals surface area contributed by atoms with E-state index in [1.165, 1.54) is 6.07 Å². The third kappa shape index (κ3) is 7.08. The molecule has 0 saturated heterocycles. The maximum atomic E-state index is 13.1. The van der Waals surface area contributed by atoms with Crippen LogP contribution in [0.1, 0.15) is 49.3 Å². The van der Waals surface area contributed by atoms with Gasteiger partial charge in [-0.1, -0.05) is 19.9 Å². The molecule has 8 nitrogen and oxygen atoms in total. The average molecular weight is 539 g/mol. The predicted molar refractivity (Wildman–Crippen MR) is 136 cm³/mol. The maximum absolute atomic E-state index is 13.1. The lowest BCUT2D eigenvalue weighted by molar-refractivity contribution is -0.137. The van der Waals surface area contributed by atoms with Crippen LogP contribution >= 0.6 is 0 Å². The number of phenols is 1. The van der Waals surface area contributed by atoms with Crippen LogP contribution in [-0.2, 0) is 26.2 Å². The molecule has 3 rings (SSSR count). The van der Waals surface area contributed by atoms with Crippen LogP contribution in [0, 0.1) is 0 Å². The zero-order chi connectivity index (χ0) is 27.4. The summed E-state index contributed by atoms with van der Waals surface area (Å²) in [7, 11) is 1.09. The molecule has 0 fully saturated rings. The summed E-state index contributed by atoms with van der Waals surface area (Å²) < 4.78 is 50.2. The summed E-state index contributed by atoms with van der Waals surface area (Å²) in [6, 6.07) is 7.37. The van der Waals surface area contributed by atoms with Gasteiger partial charge in [-0.05, 0) is 66.7 Å². The molecule has 0 aliphatic carbocycles. The van der Waals surface area contributed by atoms with Crippen LogP contribution in [0.25, 0.3) is 16.7 Å². The molecule has 0 radical (unpaired) electrons. The second-order valence-corrected chi connectivity index (χ2v) is 13.0. The summed E-state index contributed by atoms with van der Waals surface area (Å²) in [4.78, 5) is 13.6. The second kappa shape index (κ2) is 11.6. The quantitative estimate of drug-likeness (QED) is 0.261. The van der Waals surface area contributed by atoms with Crippen molar-refractivity contribution in [3.8, 4) is 11.4 Å². The molecule has 0 unspecified atom stereocenters. The molecule has 2 N–H and O–H groups in total. The monoisotopic (exact) mass is 538 g/mol. The summed E-state index contributed by atoms with van der Waals surface area (Å²) >= 11 is 0. The third-order valence-corrected chi connectivity index (χ3v) is 9.35. The molecule has 0 atom stereocenters. The van der Waals surface area contributed by atoms with Gasteiger partial charge in [-0.3, -0.25) is 4.79 Å². The van der Waals surface area contributed by atoms with Crippen molar-refractivity contribution in [2.75, 3.05) is 20.8 Å². The van der Waals surface area contributed by atoms with Gasteiger partial charge in [-0.2, -0.15) is 13.2 Å². The third-order valence-electron chi connectivity index (χ3n) is 6.36. The van der Waals surface area contributed by atoms with Crippen LogP contribution in [0.5, 0.6) is 5.75 Å². The molecule has 202 valence electrons. The number of aromatic hydroxyl groups is 1. The van der Waals surface area contributed by atoms with Gasteiger partial charge >= 0.3 is 14.7 Å². The fourth-order valence-electron chi connectivity index (χ4n) is 3.91. The number of nitrogens with one attached hydrogen (secondary N) is 1. The van der Waals surface area contributed by atoms with Gasteiger partial charge in [0, 0.05) is 27.2 Å². The number of nitrogens with zero attached hydrogens (tertiary/aromatic N) is 3. The fourth-order valence-corrected chi connectivity index (χ4v) is 5.30. The lowest BCUT2D eigenvalue weighted by atomic mass is 9.96. The molecule has 1 aromatic heterocycles. The molecule has 1 heterocycles. The maximum Gasteiger partial charge on any atom is 0.416 e. The van der Waals surface area contributed by atoms with Gasteiger partial charge in [0.25, 0.3) is 0 Å². The van der Waals surface area contributed by atoms with E-state index in [4.69, 9.17) is 8.85 Å². The number of aryl methyl sites for hydroxylation is 1. The first-order valence-electron chi connectivity index (χ1n) is 12.0. The second-order valence-electron chi connectivity index (χ2n) is 9.39. The first-order valence-corrected chi connectivity index (χ1v) is 14.6. The number of carbonyl (C=O) groups is 1. The number of rotatable bonds is 11. The molecule has 0 bridgehead atoms. The van der Waals surface area contributed by atoms with E-state index >= 15 is 0 Å². The molecular weight excluding hydrogens is 505 g/mol. The van der Waals surface area contributed by atoms with Gasteiger partial charge in [0.2, 0.25) is 5.91 Å². The number of phenolic OH excluding ortho intramolecular Hbond substituents is 1. The van der Waals surface area contributed by atoms with E-state index in [1.54, 1.807) is 20.3 Å². The Labute approximate surface area is 215 Å². The number of fused-ring (bicyclic) bond motifs is 1. The lowest BCUT2D eigenvalue weighted by Crippen LogP contribution is -2.37. The molecule has 0 aliphatic heterocycles. The minimum absolute atomic E-state index is 0.0469. The topological polar surface area (TPSA) is 98.5 Å². The minimum atomic E-state index is -4.50. The Morgan fingerprint density at radius 3 is 2.43 bits per heavy atom. The normalized spacial score (nSPS) is 12.5. The fraction of sp³-hybridized carbons (Fsp3) is 0.480. The zero-order valence-corrected chi connectivity index (χ0v) is 22.6. The molecule has 3 aromatic rings. The van der Waals surface area contributed by atoms with Gasteiger partial charge in [0.15, 0.2) is 0 Å². The highest BCUT2D eigenvalue weighted by molar-refractivity contribution is 6.65. The van der Waals surface area contributed by atoms with Crippen molar-refractivity contribution in [3.05, 3.63) is 47.0 Å². The van der Waals surface area contributed by atoms with Crippen molar-refractivity contribution in [2.24, 2.45) is 0 Å². The Morgan fingerprint density at radius 1 is 1.14 bits per heavy atom. The minimum Gasteiger partial charge on any atom is -0.505 e. The van der Waals surface area contributed by atoms with Crippen molar-refractivity contribution in [2.45, 2.75) is 57.8 Å². The Balaban J connectivity index is 1.76. The van der Waals surface area contributed by atoms with Crippen molar-refractivity contribution in [3.63, 3.8) is 0 Å². The zero-order valence-electron chi connectivity index (χ0n) is 21.6. The van der Waals surface area contributed by atoms with Crippen molar-refractivity contribution in [1.29, 1.82) is 0 Å². The Hall–Kier alpha value is -2.96. The van der Waals surface area contributed by atoms with Crippen LogP contribution < -0.4 is 5.32 Å². The van der Waals surface area contributed by atoms with Crippen LogP contribution in [0.3, 0.4) is 0 Å². The molecule has 1 amide bonds. The predicted octanol–water partition coefficient (Wildman–Crippen LogP) is 5.07. The lowest BCUT2D eigenvalue weighted by Gasteiger charge is -2.22. The number of hydrogen-bond donors (Lipinski definition) is 2. The standard InChI is InChI=1S/C25H33F3N4O4Si/c1-16(2)19-13-17(7-10-23(33)29-11-6-12-37(5,35-3)36-4)14-22(24(19)34)32-30-20-9-8-18(25(26,27)28)15-21(20)31-32/h8-9,13-16,34H,6-7,10-12H2,1-5H3,(H,29,33). The van der Waals surface area contributed by atoms with Crippen LogP contribution in [0.4, 0.5) is 13.2 Å². The SMILES string of the molecule is CO[Si](C)(CCCNC(=O)CCc1cc(C(C)C)c(O)c(-n2nc3ccc(C(F)(F)F)cc3n2)c1)OC. The number of amides is 1. The average Bonchev–Trinajstić information content (AvgIpc) is 3.28. The van der Waals surface area contributed by atoms with Gasteiger partial charge in [0.1, 0.15) is 22.5 Å². The summed E-state index contributed by atoms with van der Waals surface area (Å²) in [6.07, 6.45) is -3.12. The van der Waals surface area contributed by atoms with E-state index in [9.17, 15) is 23.1 Å². The van der Waals surface area contributed by atoms with Crippen molar-refractivity contribution < 1.29 is 31.9 Å². The molecule has 0 saturated carbocycles. The van der Waals surface area contributed by atoms with Crippen LogP contribution in [0.15, 0.2) is 30.3 Å². The number of aromatic nitrogens is 3. The van der Waals surface area contributed by atoms with Crippen LogP contribution in [-0.4, -0.2) is 55.3 Å². The van der Waals surface area contributed by atoms with E-state index in [0.717, 1.165) is 35.0 Å². The molecular formula is C25H33F3N4O4Si. The smallest absolute Gasteiger partial charge is 0.416 e. The molecule has 2 aromatic carbocycles. The highest BCUT2D eigenvalue weighted by Gasteiger charge is 2.31. The van der Waals surface area contributed by atoms with Crippen molar-refractivity contribution >= 4 is 25.5 Å². The largest absolute Gasteiger partial charge is 0.505 e. The molecule has 0 spiro atoms. The molecule has 37 heavy (non-hydrogen) atoms. The van der Waals surface area contributed by atoms with Gasteiger partial charge in [-0.15, -0.1) is 15.0 Å². The van der Waals surface area contributed by atoms with Gasteiger partial charge in [0.05, 0.1) is 5.56 Å². The van der Waals surface area contributed by atoms with Gasteiger partial charge in [-0.25, -0.2) is 0 Å². The highest BCUT2D eigenvalue weighted by atomic mass is 28.4. The van der Waals surface area contributed by atoms with Crippen molar-refractivity contribution in [1.82, 2.24) is 20.3 Å². The van der Waals surface area contributed by atoms with Gasteiger partial charge < -0.3 is 19.3 Å². The number of carbonyl (C=O) groups excluding carboxylic acids is 1. The number of hydrogen-bond acceptors (Lipinski definition) is 6. The number of alkyl halides is 3. The van der Waals surface area contributed by atoms with Crippen LogP contribution in [0.2, 0.25) is 12.6 Å². The summed E-state index contributed by atoms with van der Waals surface area (Å²) in [5, 5.41) is 22.3. The highest BCUT2D eigenvalue weighted by Crippen LogP contribution is 2.34. The summed E-state index contributed by atoms with van der Waals surface area (Å²) in [5.74, 6) is -0.209. The number of halogens is 3. The van der Waals surface area contributed by atoms with E-state index in [0.29, 0.717) is 18.5 Å². The van der Waals surface area contributed by atoms with E-state index in [-0.39, 0.29) is 40.7 Å². The first kappa shape index (κ1) is 28.6. The Morgan fingerprint density at radius 2 is 1.81 bits per heavy atom. The number of benzene rings is 2. The van der Waals surface area contributed by atoms with E-state index < -0.39 is 20.3 Å². The summed E-state index contributed by atoms with van der Waals surface area (Å²) in [5.41, 5.74) is 1.16. The Kier molecular flexibility index (Phi) is 8.98. The first-order chi connectivity index (χ1) is 17.4. The van der Waals surface area contributed by atoms with E-state index in [2.05, 4.69) is 15.5 Å².